The summed E-state index contributed by atoms with van der Waals surface area (Å²) >= 11 is 1.08. The van der Waals surface area contributed by atoms with Crippen LogP contribution in [0.15, 0.2) is 48.5 Å². The lowest BCUT2D eigenvalue weighted by Crippen LogP contribution is -2.33. The van der Waals surface area contributed by atoms with E-state index >= 15 is 0 Å². The average molecular weight is 499 g/mol. The number of benzene rings is 2. The van der Waals surface area contributed by atoms with Crippen molar-refractivity contribution in [2.24, 2.45) is 5.41 Å². The van der Waals surface area contributed by atoms with Gasteiger partial charge in [0.25, 0.3) is 0 Å². The van der Waals surface area contributed by atoms with Crippen LogP contribution in [0.25, 0.3) is 0 Å². The lowest BCUT2D eigenvalue weighted by molar-refractivity contribution is -0.151. The van der Waals surface area contributed by atoms with E-state index in [0.717, 1.165) is 39.3 Å². The molecular formula is C28H31FO5S. The summed E-state index contributed by atoms with van der Waals surface area (Å²) in [5.41, 5.74) is 2.85. The first-order valence-corrected chi connectivity index (χ1v) is 12.1. The maximum atomic E-state index is 14.6. The minimum atomic E-state index is -1.00. The Morgan fingerprint density at radius 2 is 1.71 bits per heavy atom. The predicted molar refractivity (Wildman–Crippen MR) is 135 cm³/mol. The van der Waals surface area contributed by atoms with Crippen LogP contribution >= 0.6 is 11.3 Å². The van der Waals surface area contributed by atoms with Crippen molar-refractivity contribution < 1.29 is 28.2 Å². The van der Waals surface area contributed by atoms with Crippen LogP contribution < -0.4 is 4.74 Å². The zero-order valence-corrected chi connectivity index (χ0v) is 21.8. The summed E-state index contributed by atoms with van der Waals surface area (Å²) in [7, 11) is 2.96. The number of halogens is 1. The van der Waals surface area contributed by atoms with Gasteiger partial charge in [-0.05, 0) is 61.2 Å². The molecule has 0 aliphatic carbocycles. The van der Waals surface area contributed by atoms with Gasteiger partial charge in [0.15, 0.2) is 5.78 Å². The summed E-state index contributed by atoms with van der Waals surface area (Å²) in [4.78, 5) is 25.3. The van der Waals surface area contributed by atoms with E-state index < -0.39 is 23.1 Å². The Kier molecular flexibility index (Phi) is 8.46. The molecule has 186 valence electrons. The number of hydrogen-bond donors (Lipinski definition) is 0. The van der Waals surface area contributed by atoms with Crippen LogP contribution in [0.3, 0.4) is 0 Å². The number of ketones is 1. The van der Waals surface area contributed by atoms with E-state index in [1.807, 2.05) is 49.4 Å². The Bertz CT molecular complexity index is 1200. The number of hydrogen-bond acceptors (Lipinski definition) is 6. The van der Waals surface area contributed by atoms with Gasteiger partial charge in [-0.2, -0.15) is 0 Å². The number of carbonyl (C=O) groups is 2. The van der Waals surface area contributed by atoms with Gasteiger partial charge in [0.2, 0.25) is 0 Å². The molecule has 0 N–H and O–H groups in total. The molecule has 3 aromatic rings. The Balaban J connectivity index is 1.93. The highest BCUT2D eigenvalue weighted by Crippen LogP contribution is 2.45. The lowest BCUT2D eigenvalue weighted by atomic mass is 9.73. The van der Waals surface area contributed by atoms with Crippen LogP contribution in [0.1, 0.15) is 63.5 Å². The highest BCUT2D eigenvalue weighted by atomic mass is 32.1. The second kappa shape index (κ2) is 11.1. The van der Waals surface area contributed by atoms with E-state index in [-0.39, 0.29) is 10.7 Å². The molecule has 5 nitrogen and oxygen atoms in total. The number of Topliss-reactive ketones (excluding diaryl/α,β-unsaturated/α-hetero) is 1. The average Bonchev–Trinajstić information content (AvgIpc) is 3.21. The molecule has 0 fully saturated rings. The monoisotopic (exact) mass is 498 g/mol. The Morgan fingerprint density at radius 1 is 1.03 bits per heavy atom. The molecule has 1 unspecified atom stereocenters. The Morgan fingerprint density at radius 3 is 2.29 bits per heavy atom. The third kappa shape index (κ3) is 5.97. The molecule has 0 bridgehead atoms. The van der Waals surface area contributed by atoms with Crippen molar-refractivity contribution in [2.75, 3.05) is 14.2 Å². The highest BCUT2D eigenvalue weighted by Gasteiger charge is 2.41. The number of thiophene rings is 1. The number of esters is 1. The van der Waals surface area contributed by atoms with Gasteiger partial charge >= 0.3 is 5.97 Å². The molecule has 7 heteroatoms. The molecule has 0 spiro atoms. The molecule has 1 heterocycles. The molecule has 2 aromatic carbocycles. The van der Waals surface area contributed by atoms with Crippen LogP contribution in [-0.2, 0) is 27.5 Å². The van der Waals surface area contributed by atoms with Crippen molar-refractivity contribution in [1.29, 1.82) is 0 Å². The van der Waals surface area contributed by atoms with Crippen LogP contribution in [0.4, 0.5) is 4.39 Å². The molecule has 0 amide bonds. The third-order valence-electron chi connectivity index (χ3n) is 6.14. The van der Waals surface area contributed by atoms with Crippen LogP contribution in [0.2, 0.25) is 0 Å². The highest BCUT2D eigenvalue weighted by molar-refractivity contribution is 7.14. The van der Waals surface area contributed by atoms with Gasteiger partial charge in [-0.3, -0.25) is 9.59 Å². The van der Waals surface area contributed by atoms with Crippen molar-refractivity contribution in [3.8, 4) is 5.75 Å². The fourth-order valence-electron chi connectivity index (χ4n) is 4.11. The molecule has 35 heavy (non-hydrogen) atoms. The number of aryl methyl sites for hydroxylation is 1. The number of methoxy groups -OCH3 is 2. The lowest BCUT2D eigenvalue weighted by Gasteiger charge is -2.32. The number of ether oxygens (including phenoxy) is 3. The van der Waals surface area contributed by atoms with Crippen molar-refractivity contribution in [2.45, 2.75) is 46.8 Å². The summed E-state index contributed by atoms with van der Waals surface area (Å²) in [5, 5.41) is 0. The summed E-state index contributed by atoms with van der Waals surface area (Å²) in [6, 6.07) is 14.9. The smallest absolute Gasteiger partial charge is 0.312 e. The Hall–Kier alpha value is -3.03. The standard InChI is InChI=1S/C28H31FO5S/c1-17-7-10-20(13-21(17)16-34-15-19-8-11-22(32-5)12-9-19)25(28(3,4)27(31)33-6)24-14-23(29)26(35-24)18(2)30/h7-14,25H,15-16H2,1-6H3. The van der Waals surface area contributed by atoms with E-state index in [9.17, 15) is 14.0 Å². The zero-order chi connectivity index (χ0) is 25.8. The minimum absolute atomic E-state index is 0.0563. The van der Waals surface area contributed by atoms with E-state index in [2.05, 4.69) is 0 Å². The van der Waals surface area contributed by atoms with Crippen molar-refractivity contribution >= 4 is 23.1 Å². The maximum Gasteiger partial charge on any atom is 0.312 e. The zero-order valence-electron chi connectivity index (χ0n) is 20.9. The predicted octanol–water partition coefficient (Wildman–Crippen LogP) is 6.45. The number of carbonyl (C=O) groups excluding carboxylic acids is 2. The SMILES string of the molecule is COC(=O)C(C)(C)C(c1ccc(C)c(COCc2ccc(OC)cc2)c1)c1cc(F)c(C(C)=O)s1. The van der Waals surface area contributed by atoms with Gasteiger partial charge in [-0.15, -0.1) is 11.3 Å². The maximum absolute atomic E-state index is 14.6. The first-order valence-electron chi connectivity index (χ1n) is 11.3. The van der Waals surface area contributed by atoms with Gasteiger partial charge in [0.1, 0.15) is 16.4 Å². The molecule has 1 aromatic heterocycles. The van der Waals surface area contributed by atoms with Gasteiger partial charge in [-0.25, -0.2) is 4.39 Å². The van der Waals surface area contributed by atoms with E-state index in [1.54, 1.807) is 21.0 Å². The fraction of sp³-hybridized carbons (Fsp3) is 0.357. The summed E-state index contributed by atoms with van der Waals surface area (Å²) in [6.07, 6.45) is 0. The molecule has 0 aliphatic rings. The van der Waals surface area contributed by atoms with Gasteiger partial charge < -0.3 is 14.2 Å². The second-order valence-electron chi connectivity index (χ2n) is 9.06. The van der Waals surface area contributed by atoms with E-state index in [4.69, 9.17) is 14.2 Å². The van der Waals surface area contributed by atoms with E-state index in [1.165, 1.54) is 20.1 Å². The molecule has 1 atom stereocenters. The van der Waals surface area contributed by atoms with Gasteiger partial charge in [0, 0.05) is 17.7 Å². The first-order chi connectivity index (χ1) is 16.6. The largest absolute Gasteiger partial charge is 0.497 e. The van der Waals surface area contributed by atoms with Crippen molar-refractivity contribution in [1.82, 2.24) is 0 Å². The Labute approximate surface area is 209 Å². The normalized spacial score (nSPS) is 12.3. The third-order valence-corrected chi connectivity index (χ3v) is 7.41. The van der Waals surface area contributed by atoms with Crippen LogP contribution in [0, 0.1) is 18.2 Å². The molecule has 0 radical (unpaired) electrons. The quantitative estimate of drug-likeness (QED) is 0.237. The molecule has 3 rings (SSSR count). The fourth-order valence-corrected chi connectivity index (χ4v) is 5.36. The van der Waals surface area contributed by atoms with Crippen LogP contribution in [0.5, 0.6) is 5.75 Å². The second-order valence-corrected chi connectivity index (χ2v) is 10.1. The van der Waals surface area contributed by atoms with Crippen LogP contribution in [-0.4, -0.2) is 26.0 Å². The van der Waals surface area contributed by atoms with Crippen molar-refractivity contribution in [3.63, 3.8) is 0 Å². The summed E-state index contributed by atoms with van der Waals surface area (Å²) in [5.74, 6) is -1.06. The van der Waals surface area contributed by atoms with Crippen molar-refractivity contribution in [3.05, 3.63) is 86.4 Å². The van der Waals surface area contributed by atoms with Gasteiger partial charge in [-0.1, -0.05) is 30.3 Å². The number of rotatable bonds is 10. The first kappa shape index (κ1) is 26.6. The minimum Gasteiger partial charge on any atom is -0.497 e. The summed E-state index contributed by atoms with van der Waals surface area (Å²) in [6.45, 7) is 7.68. The van der Waals surface area contributed by atoms with E-state index in [0.29, 0.717) is 18.1 Å². The molecule has 0 saturated carbocycles. The van der Waals surface area contributed by atoms with Gasteiger partial charge in [0.05, 0.1) is 32.8 Å². The topological polar surface area (TPSA) is 61.8 Å². The molecule has 0 saturated heterocycles. The molecule has 0 aliphatic heterocycles. The molecular weight excluding hydrogens is 467 g/mol. The summed E-state index contributed by atoms with van der Waals surface area (Å²) < 4.78 is 30.8.